The van der Waals surface area contributed by atoms with Crippen LogP contribution < -0.4 is 4.72 Å². The van der Waals surface area contributed by atoms with E-state index >= 15 is 0 Å². The Morgan fingerprint density at radius 2 is 2.10 bits per heavy atom. The van der Waals surface area contributed by atoms with Crippen LogP contribution in [0.3, 0.4) is 0 Å². The SMILES string of the molecule is Cc1nn(C)c(C)c1CNS(=O)(=O)c1ccc(CO)s1. The Morgan fingerprint density at radius 1 is 1.40 bits per heavy atom. The van der Waals surface area contributed by atoms with Crippen molar-refractivity contribution in [3.05, 3.63) is 34.0 Å². The largest absolute Gasteiger partial charge is 0.391 e. The van der Waals surface area contributed by atoms with Gasteiger partial charge in [0.1, 0.15) is 4.21 Å². The Balaban J connectivity index is 2.17. The van der Waals surface area contributed by atoms with Crippen molar-refractivity contribution in [1.82, 2.24) is 14.5 Å². The highest BCUT2D eigenvalue weighted by Crippen LogP contribution is 2.22. The van der Waals surface area contributed by atoms with Gasteiger partial charge in [-0.15, -0.1) is 11.3 Å². The highest BCUT2D eigenvalue weighted by Gasteiger charge is 2.18. The van der Waals surface area contributed by atoms with Gasteiger partial charge in [-0.3, -0.25) is 4.68 Å². The van der Waals surface area contributed by atoms with E-state index < -0.39 is 10.0 Å². The summed E-state index contributed by atoms with van der Waals surface area (Å²) >= 11 is 1.07. The molecule has 0 atom stereocenters. The zero-order chi connectivity index (χ0) is 14.9. The lowest BCUT2D eigenvalue weighted by molar-refractivity contribution is 0.285. The third-order valence-electron chi connectivity index (χ3n) is 3.16. The number of hydrogen-bond acceptors (Lipinski definition) is 5. The molecule has 0 unspecified atom stereocenters. The van der Waals surface area contributed by atoms with E-state index in [-0.39, 0.29) is 17.4 Å². The average molecular weight is 315 g/mol. The van der Waals surface area contributed by atoms with Crippen LogP contribution in [0.1, 0.15) is 21.8 Å². The van der Waals surface area contributed by atoms with Gasteiger partial charge >= 0.3 is 0 Å². The maximum atomic E-state index is 12.2. The first-order valence-electron chi connectivity index (χ1n) is 6.03. The number of rotatable bonds is 5. The first-order valence-corrected chi connectivity index (χ1v) is 8.33. The molecule has 0 aromatic carbocycles. The second kappa shape index (κ2) is 5.65. The van der Waals surface area contributed by atoms with Crippen LogP contribution in [0.25, 0.3) is 0 Å². The molecule has 0 saturated heterocycles. The van der Waals surface area contributed by atoms with E-state index in [1.54, 1.807) is 10.7 Å². The van der Waals surface area contributed by atoms with E-state index in [1.807, 2.05) is 20.9 Å². The first-order chi connectivity index (χ1) is 9.35. The van der Waals surface area contributed by atoms with Crippen molar-refractivity contribution >= 4 is 21.4 Å². The average Bonchev–Trinajstić information content (AvgIpc) is 2.95. The van der Waals surface area contributed by atoms with Crippen molar-refractivity contribution in [3.8, 4) is 0 Å². The Bertz CT molecular complexity index is 716. The fourth-order valence-corrected chi connectivity index (χ4v) is 4.15. The molecule has 0 radical (unpaired) electrons. The van der Waals surface area contributed by atoms with E-state index in [4.69, 9.17) is 5.11 Å². The monoisotopic (exact) mass is 315 g/mol. The molecule has 20 heavy (non-hydrogen) atoms. The third-order valence-corrected chi connectivity index (χ3v) is 6.12. The zero-order valence-corrected chi connectivity index (χ0v) is 13.2. The molecule has 0 bridgehead atoms. The number of aromatic nitrogens is 2. The van der Waals surface area contributed by atoms with Crippen LogP contribution in [0.4, 0.5) is 0 Å². The normalized spacial score (nSPS) is 12.0. The number of aliphatic hydroxyl groups is 1. The Labute approximate surface area is 122 Å². The quantitative estimate of drug-likeness (QED) is 0.864. The van der Waals surface area contributed by atoms with Crippen molar-refractivity contribution < 1.29 is 13.5 Å². The van der Waals surface area contributed by atoms with Crippen molar-refractivity contribution in [1.29, 1.82) is 0 Å². The second-order valence-corrected chi connectivity index (χ2v) is 7.64. The molecular weight excluding hydrogens is 298 g/mol. The smallest absolute Gasteiger partial charge is 0.250 e. The van der Waals surface area contributed by atoms with Gasteiger partial charge in [-0.05, 0) is 26.0 Å². The summed E-state index contributed by atoms with van der Waals surface area (Å²) in [5.74, 6) is 0. The van der Waals surface area contributed by atoms with Gasteiger partial charge in [-0.1, -0.05) is 0 Å². The Morgan fingerprint density at radius 3 is 2.60 bits per heavy atom. The molecule has 110 valence electrons. The molecule has 6 nitrogen and oxygen atoms in total. The number of nitrogens with zero attached hydrogens (tertiary/aromatic N) is 2. The summed E-state index contributed by atoms with van der Waals surface area (Å²) in [5, 5.41) is 13.2. The molecule has 2 aromatic rings. The van der Waals surface area contributed by atoms with Gasteiger partial charge in [0, 0.05) is 29.7 Å². The molecule has 0 saturated carbocycles. The van der Waals surface area contributed by atoms with E-state index in [2.05, 4.69) is 9.82 Å². The van der Waals surface area contributed by atoms with Gasteiger partial charge in [0.15, 0.2) is 0 Å². The van der Waals surface area contributed by atoms with Gasteiger partial charge in [0.25, 0.3) is 0 Å². The van der Waals surface area contributed by atoms with Crippen LogP contribution in [-0.2, 0) is 30.2 Å². The Kier molecular flexibility index (Phi) is 4.28. The minimum Gasteiger partial charge on any atom is -0.391 e. The van der Waals surface area contributed by atoms with Crippen LogP contribution in [0, 0.1) is 13.8 Å². The van der Waals surface area contributed by atoms with Crippen molar-refractivity contribution in [2.75, 3.05) is 0 Å². The molecule has 0 aliphatic heterocycles. The molecule has 2 aromatic heterocycles. The lowest BCUT2D eigenvalue weighted by Crippen LogP contribution is -2.23. The number of sulfonamides is 1. The van der Waals surface area contributed by atoms with Gasteiger partial charge in [0.2, 0.25) is 10.0 Å². The molecule has 2 heterocycles. The van der Waals surface area contributed by atoms with Crippen LogP contribution >= 0.6 is 11.3 Å². The van der Waals surface area contributed by atoms with Crippen molar-refractivity contribution in [3.63, 3.8) is 0 Å². The van der Waals surface area contributed by atoms with E-state index in [0.717, 1.165) is 28.3 Å². The highest BCUT2D eigenvalue weighted by atomic mass is 32.2. The fraction of sp³-hybridized carbons (Fsp3) is 0.417. The standard InChI is InChI=1S/C12H17N3O3S2/c1-8-11(9(2)15(3)14-8)6-13-20(17,18)12-5-4-10(7-16)19-12/h4-5,13,16H,6-7H2,1-3H3. The predicted octanol–water partition coefficient (Wildman–Crippen LogP) is 1.07. The number of aryl methyl sites for hydroxylation is 2. The van der Waals surface area contributed by atoms with Gasteiger partial charge < -0.3 is 5.11 Å². The van der Waals surface area contributed by atoms with Crippen LogP contribution in [0.5, 0.6) is 0 Å². The molecule has 0 amide bonds. The predicted molar refractivity (Wildman–Crippen MR) is 76.9 cm³/mol. The summed E-state index contributed by atoms with van der Waals surface area (Å²) in [4.78, 5) is 0.624. The van der Waals surface area contributed by atoms with Crippen molar-refractivity contribution in [2.24, 2.45) is 7.05 Å². The minimum atomic E-state index is -3.55. The van der Waals surface area contributed by atoms with E-state index in [9.17, 15) is 8.42 Å². The van der Waals surface area contributed by atoms with Gasteiger partial charge in [0.05, 0.1) is 12.3 Å². The second-order valence-electron chi connectivity index (χ2n) is 4.48. The topological polar surface area (TPSA) is 84.2 Å². The molecule has 0 aliphatic carbocycles. The summed E-state index contributed by atoms with van der Waals surface area (Å²) in [6.07, 6.45) is 0. The first kappa shape index (κ1) is 15.2. The lowest BCUT2D eigenvalue weighted by Gasteiger charge is -2.05. The summed E-state index contributed by atoms with van der Waals surface area (Å²) in [5.41, 5.74) is 2.64. The van der Waals surface area contributed by atoms with Crippen LogP contribution in [-0.4, -0.2) is 23.3 Å². The molecule has 0 aliphatic rings. The minimum absolute atomic E-state index is 0.152. The molecule has 0 spiro atoms. The van der Waals surface area contributed by atoms with Gasteiger partial charge in [-0.25, -0.2) is 13.1 Å². The van der Waals surface area contributed by atoms with Crippen LogP contribution in [0.2, 0.25) is 0 Å². The summed E-state index contributed by atoms with van der Waals surface area (Å²) in [6.45, 7) is 3.81. The van der Waals surface area contributed by atoms with E-state index in [0.29, 0.717) is 4.88 Å². The maximum absolute atomic E-state index is 12.2. The highest BCUT2D eigenvalue weighted by molar-refractivity contribution is 7.91. The zero-order valence-electron chi connectivity index (χ0n) is 11.5. The summed E-state index contributed by atoms with van der Waals surface area (Å²) in [6, 6.07) is 3.11. The maximum Gasteiger partial charge on any atom is 0.250 e. The van der Waals surface area contributed by atoms with Gasteiger partial charge in [-0.2, -0.15) is 5.10 Å². The third kappa shape index (κ3) is 2.93. The number of aliphatic hydroxyl groups excluding tert-OH is 1. The number of nitrogens with one attached hydrogen (secondary N) is 1. The molecule has 2 rings (SSSR count). The summed E-state index contributed by atoms with van der Waals surface area (Å²) < 4.78 is 28.8. The molecular formula is C12H17N3O3S2. The number of hydrogen-bond donors (Lipinski definition) is 2. The molecule has 8 heteroatoms. The van der Waals surface area contributed by atoms with Crippen LogP contribution in [0.15, 0.2) is 16.3 Å². The van der Waals surface area contributed by atoms with Crippen molar-refractivity contribution in [2.45, 2.75) is 31.2 Å². The fourth-order valence-electron chi connectivity index (χ4n) is 1.90. The lowest BCUT2D eigenvalue weighted by atomic mass is 10.2. The summed E-state index contributed by atoms with van der Waals surface area (Å²) in [7, 11) is -1.73. The Hall–Kier alpha value is -1.22. The van der Waals surface area contributed by atoms with E-state index in [1.165, 1.54) is 6.07 Å². The number of thiophene rings is 1. The molecule has 0 fully saturated rings. The molecule has 2 N–H and O–H groups in total.